The second-order valence-corrected chi connectivity index (χ2v) is 4.80. The number of benzene rings is 1. The fraction of sp³-hybridized carbons (Fsp3) is 0.267. The van der Waals surface area contributed by atoms with Gasteiger partial charge in [-0.25, -0.2) is 4.39 Å². The van der Waals surface area contributed by atoms with Crippen molar-refractivity contribution < 1.29 is 4.39 Å². The Labute approximate surface area is 106 Å². The highest BCUT2D eigenvalue weighted by molar-refractivity contribution is 5.42. The van der Waals surface area contributed by atoms with E-state index < -0.39 is 0 Å². The molecule has 1 saturated carbocycles. The van der Waals surface area contributed by atoms with E-state index in [2.05, 4.69) is 10.3 Å². The molecule has 2 aromatic rings. The second-order valence-electron chi connectivity index (χ2n) is 4.80. The molecule has 3 heteroatoms. The summed E-state index contributed by atoms with van der Waals surface area (Å²) in [7, 11) is 0. The predicted octanol–water partition coefficient (Wildman–Crippen LogP) is 3.58. The van der Waals surface area contributed by atoms with Crippen molar-refractivity contribution in [2.75, 3.05) is 5.32 Å². The Kier molecular flexibility index (Phi) is 2.97. The van der Waals surface area contributed by atoms with Gasteiger partial charge in [0.2, 0.25) is 0 Å². The highest BCUT2D eigenvalue weighted by Gasteiger charge is 2.30. The van der Waals surface area contributed by atoms with Gasteiger partial charge < -0.3 is 5.32 Å². The average molecular weight is 242 g/mol. The van der Waals surface area contributed by atoms with Crippen LogP contribution in [0.15, 0.2) is 48.8 Å². The van der Waals surface area contributed by atoms with E-state index in [-0.39, 0.29) is 5.82 Å². The first-order valence-electron chi connectivity index (χ1n) is 6.23. The summed E-state index contributed by atoms with van der Waals surface area (Å²) in [5, 5.41) is 3.45. The molecule has 2 nitrogen and oxygen atoms in total. The lowest BCUT2D eigenvalue weighted by Crippen LogP contribution is -2.33. The summed E-state index contributed by atoms with van der Waals surface area (Å²) in [4.78, 5) is 4.08. The van der Waals surface area contributed by atoms with E-state index in [0.29, 0.717) is 12.0 Å². The molecule has 0 atom stereocenters. The van der Waals surface area contributed by atoms with Gasteiger partial charge in [0, 0.05) is 18.4 Å². The van der Waals surface area contributed by atoms with Gasteiger partial charge in [-0.3, -0.25) is 4.98 Å². The van der Waals surface area contributed by atoms with Crippen LogP contribution in [0.25, 0.3) is 0 Å². The Balaban J connectivity index is 1.56. The zero-order valence-corrected chi connectivity index (χ0v) is 10.0. The van der Waals surface area contributed by atoms with Crippen molar-refractivity contribution in [2.24, 2.45) is 0 Å². The van der Waals surface area contributed by atoms with Crippen LogP contribution >= 0.6 is 0 Å². The number of hydrogen-bond acceptors (Lipinski definition) is 2. The molecule has 1 heterocycles. The van der Waals surface area contributed by atoms with Crippen LogP contribution in [0, 0.1) is 5.82 Å². The summed E-state index contributed by atoms with van der Waals surface area (Å²) >= 11 is 0. The van der Waals surface area contributed by atoms with E-state index in [1.165, 1.54) is 17.7 Å². The highest BCUT2D eigenvalue weighted by atomic mass is 19.1. The lowest BCUT2D eigenvalue weighted by atomic mass is 9.76. The standard InChI is InChI=1S/C15H15FN2/c16-13-5-3-11(4-6-13)12-8-15(9-12)18-14-2-1-7-17-10-14/h1-7,10,12,15,18H,8-9H2. The molecule has 1 aliphatic carbocycles. The van der Waals surface area contributed by atoms with Gasteiger partial charge in [-0.05, 0) is 48.6 Å². The maximum absolute atomic E-state index is 12.8. The van der Waals surface area contributed by atoms with Crippen LogP contribution in [0.3, 0.4) is 0 Å². The van der Waals surface area contributed by atoms with Crippen LogP contribution in [0.5, 0.6) is 0 Å². The van der Waals surface area contributed by atoms with Crippen molar-refractivity contribution in [3.8, 4) is 0 Å². The minimum atomic E-state index is -0.164. The van der Waals surface area contributed by atoms with Gasteiger partial charge >= 0.3 is 0 Å². The third-order valence-electron chi connectivity index (χ3n) is 3.51. The third-order valence-corrected chi connectivity index (χ3v) is 3.51. The molecule has 0 spiro atoms. The predicted molar refractivity (Wildman–Crippen MR) is 70.0 cm³/mol. The molecule has 1 N–H and O–H groups in total. The first-order chi connectivity index (χ1) is 8.81. The maximum atomic E-state index is 12.8. The number of hydrogen-bond donors (Lipinski definition) is 1. The third kappa shape index (κ3) is 2.35. The lowest BCUT2D eigenvalue weighted by molar-refractivity contribution is 0.374. The monoisotopic (exact) mass is 242 g/mol. The summed E-state index contributed by atoms with van der Waals surface area (Å²) in [6.45, 7) is 0. The number of halogens is 1. The first-order valence-corrected chi connectivity index (χ1v) is 6.23. The fourth-order valence-corrected chi connectivity index (χ4v) is 2.43. The number of pyridine rings is 1. The molecular formula is C15H15FN2. The molecule has 0 bridgehead atoms. The first kappa shape index (κ1) is 11.2. The van der Waals surface area contributed by atoms with Gasteiger partial charge in [0.15, 0.2) is 0 Å². The number of anilines is 1. The van der Waals surface area contributed by atoms with E-state index >= 15 is 0 Å². The second kappa shape index (κ2) is 4.77. The Morgan fingerprint density at radius 1 is 1.11 bits per heavy atom. The van der Waals surface area contributed by atoms with Gasteiger partial charge in [0.1, 0.15) is 5.82 Å². The zero-order valence-electron chi connectivity index (χ0n) is 10.0. The normalized spacial score (nSPS) is 22.3. The molecule has 0 radical (unpaired) electrons. The molecule has 0 unspecified atom stereocenters. The Bertz CT molecular complexity index is 504. The van der Waals surface area contributed by atoms with Crippen molar-refractivity contribution in [1.82, 2.24) is 4.98 Å². The van der Waals surface area contributed by atoms with Crippen LogP contribution in [0.4, 0.5) is 10.1 Å². The van der Waals surface area contributed by atoms with Gasteiger partial charge in [-0.1, -0.05) is 12.1 Å². The quantitative estimate of drug-likeness (QED) is 0.889. The molecule has 18 heavy (non-hydrogen) atoms. The van der Waals surface area contributed by atoms with Crippen molar-refractivity contribution in [1.29, 1.82) is 0 Å². The summed E-state index contributed by atoms with van der Waals surface area (Å²) in [5.74, 6) is 0.392. The largest absolute Gasteiger partial charge is 0.381 e. The minimum Gasteiger partial charge on any atom is -0.381 e. The Hall–Kier alpha value is -1.90. The zero-order chi connectivity index (χ0) is 12.4. The minimum absolute atomic E-state index is 0.164. The molecule has 1 fully saturated rings. The highest BCUT2D eigenvalue weighted by Crippen LogP contribution is 2.38. The van der Waals surface area contributed by atoms with Crippen LogP contribution in [-0.2, 0) is 0 Å². The van der Waals surface area contributed by atoms with Crippen LogP contribution in [0.2, 0.25) is 0 Å². The molecule has 1 aliphatic rings. The van der Waals surface area contributed by atoms with E-state index in [4.69, 9.17) is 0 Å². The molecule has 1 aromatic heterocycles. The molecule has 0 saturated heterocycles. The summed E-state index contributed by atoms with van der Waals surface area (Å²) in [5.41, 5.74) is 2.31. The SMILES string of the molecule is Fc1ccc(C2CC(Nc3cccnc3)C2)cc1. The number of nitrogens with zero attached hydrogens (tertiary/aromatic N) is 1. The van der Waals surface area contributed by atoms with Gasteiger partial charge in [-0.2, -0.15) is 0 Å². The van der Waals surface area contributed by atoms with Crippen molar-refractivity contribution >= 4 is 5.69 Å². The molecular weight excluding hydrogens is 227 g/mol. The summed E-state index contributed by atoms with van der Waals surface area (Å²) < 4.78 is 12.8. The number of nitrogens with one attached hydrogen (secondary N) is 1. The van der Waals surface area contributed by atoms with Crippen LogP contribution < -0.4 is 5.32 Å². The average Bonchev–Trinajstić information content (AvgIpc) is 2.36. The summed E-state index contributed by atoms with van der Waals surface area (Å²) in [6, 6.07) is 11.3. The number of aromatic nitrogens is 1. The topological polar surface area (TPSA) is 24.9 Å². The van der Waals surface area contributed by atoms with E-state index in [0.717, 1.165) is 18.5 Å². The molecule has 3 rings (SSSR count). The number of rotatable bonds is 3. The van der Waals surface area contributed by atoms with E-state index in [1.54, 1.807) is 6.20 Å². The van der Waals surface area contributed by atoms with E-state index in [9.17, 15) is 4.39 Å². The van der Waals surface area contributed by atoms with E-state index in [1.807, 2.05) is 30.5 Å². The van der Waals surface area contributed by atoms with Gasteiger partial charge in [0.05, 0.1) is 5.69 Å². The summed E-state index contributed by atoms with van der Waals surface area (Å²) in [6.07, 6.45) is 5.81. The Morgan fingerprint density at radius 2 is 1.89 bits per heavy atom. The van der Waals surface area contributed by atoms with Crippen LogP contribution in [-0.4, -0.2) is 11.0 Å². The lowest BCUT2D eigenvalue weighted by Gasteiger charge is -2.36. The fourth-order valence-electron chi connectivity index (χ4n) is 2.43. The molecule has 92 valence electrons. The molecule has 0 aliphatic heterocycles. The Morgan fingerprint density at radius 3 is 2.56 bits per heavy atom. The van der Waals surface area contributed by atoms with Gasteiger partial charge in [0.25, 0.3) is 0 Å². The maximum Gasteiger partial charge on any atom is 0.123 e. The van der Waals surface area contributed by atoms with Crippen LogP contribution in [0.1, 0.15) is 24.3 Å². The molecule has 0 amide bonds. The van der Waals surface area contributed by atoms with Crippen molar-refractivity contribution in [3.63, 3.8) is 0 Å². The van der Waals surface area contributed by atoms with Crippen molar-refractivity contribution in [2.45, 2.75) is 24.8 Å². The van der Waals surface area contributed by atoms with Crippen molar-refractivity contribution in [3.05, 3.63) is 60.2 Å². The van der Waals surface area contributed by atoms with Gasteiger partial charge in [-0.15, -0.1) is 0 Å². The smallest absolute Gasteiger partial charge is 0.123 e. The molecule has 1 aromatic carbocycles.